The first-order valence-corrected chi connectivity index (χ1v) is 9.00. The van der Waals surface area contributed by atoms with Crippen LogP contribution >= 0.6 is 22.6 Å². The molecule has 4 nitrogen and oxygen atoms in total. The molecule has 1 aromatic carbocycles. The molecule has 2 unspecified atom stereocenters. The highest BCUT2D eigenvalue weighted by Gasteiger charge is 2.33. The molecule has 2 aliphatic heterocycles. The van der Waals surface area contributed by atoms with Gasteiger partial charge >= 0.3 is 6.61 Å². The summed E-state index contributed by atoms with van der Waals surface area (Å²) in [7, 11) is 0. The normalized spacial score (nSPS) is 31.2. The van der Waals surface area contributed by atoms with Gasteiger partial charge in [-0.2, -0.15) is 8.78 Å². The molecule has 0 bridgehead atoms. The van der Waals surface area contributed by atoms with Gasteiger partial charge in [0.15, 0.2) is 17.9 Å². The molecular weight excluding hydrogens is 440 g/mol. The molecule has 0 radical (unpaired) electrons. The molecule has 2 fully saturated rings. The minimum atomic E-state index is -3.06. The molecule has 2 atom stereocenters. The number of halogens is 4. The molecule has 2 heterocycles. The van der Waals surface area contributed by atoms with Gasteiger partial charge in [-0.1, -0.05) is 28.7 Å². The second-order valence-corrected chi connectivity index (χ2v) is 7.64. The van der Waals surface area contributed by atoms with Gasteiger partial charge in [0.05, 0.1) is 25.9 Å². The van der Waals surface area contributed by atoms with E-state index < -0.39 is 24.5 Å². The summed E-state index contributed by atoms with van der Waals surface area (Å²) in [4.78, 5) is 0. The van der Waals surface area contributed by atoms with Gasteiger partial charge in [0, 0.05) is 15.4 Å². The van der Waals surface area contributed by atoms with Crippen molar-refractivity contribution < 1.29 is 32.1 Å². The zero-order valence-electron chi connectivity index (χ0n) is 12.8. The third-order valence-corrected chi connectivity index (χ3v) is 5.13. The number of benzene rings is 1. The molecule has 24 heavy (non-hydrogen) atoms. The Morgan fingerprint density at radius 2 is 1.83 bits per heavy atom. The lowest BCUT2D eigenvalue weighted by Gasteiger charge is -2.36. The zero-order chi connectivity index (χ0) is 17.1. The van der Waals surface area contributed by atoms with Crippen LogP contribution in [0.25, 0.3) is 0 Å². The Labute approximate surface area is 151 Å². The lowest BCUT2D eigenvalue weighted by molar-refractivity contribution is -0.225. The zero-order valence-corrected chi connectivity index (χ0v) is 15.0. The Bertz CT molecular complexity index is 544. The monoisotopic (exact) mass is 458 g/mol. The largest absolute Gasteiger partial charge is 0.432 e. The van der Waals surface area contributed by atoms with E-state index in [1.54, 1.807) is 0 Å². The third kappa shape index (κ3) is 4.53. The maximum Gasteiger partial charge on any atom is 0.387 e. The predicted molar refractivity (Wildman–Crippen MR) is 87.9 cm³/mol. The molecule has 8 heteroatoms. The van der Waals surface area contributed by atoms with Crippen LogP contribution in [0.4, 0.5) is 13.2 Å². The summed E-state index contributed by atoms with van der Waals surface area (Å²) in [5.74, 6) is -1.21. The predicted octanol–water partition coefficient (Wildman–Crippen LogP) is 4.07. The van der Waals surface area contributed by atoms with Crippen molar-refractivity contribution in [2.75, 3.05) is 19.8 Å². The van der Waals surface area contributed by atoms with Crippen molar-refractivity contribution in [2.45, 2.75) is 35.8 Å². The van der Waals surface area contributed by atoms with Crippen LogP contribution in [-0.4, -0.2) is 36.5 Å². The average Bonchev–Trinajstić information content (AvgIpc) is 2.57. The smallest absolute Gasteiger partial charge is 0.387 e. The van der Waals surface area contributed by atoms with Crippen molar-refractivity contribution >= 4 is 22.6 Å². The van der Waals surface area contributed by atoms with Gasteiger partial charge < -0.3 is 18.9 Å². The summed E-state index contributed by atoms with van der Waals surface area (Å²) in [6, 6.07) is 3.71. The number of alkyl halides is 3. The average molecular weight is 458 g/mol. The SMILES string of the molecule is Fc1cc(C2OCC(C3CCC(I)CO3)CO2)ccc1OC(F)F. The number of rotatable bonds is 4. The fourth-order valence-corrected chi connectivity index (χ4v) is 3.46. The van der Waals surface area contributed by atoms with E-state index >= 15 is 0 Å². The van der Waals surface area contributed by atoms with Crippen molar-refractivity contribution in [1.29, 1.82) is 0 Å². The summed E-state index contributed by atoms with van der Waals surface area (Å²) in [6.07, 6.45) is 1.50. The summed E-state index contributed by atoms with van der Waals surface area (Å²) in [5, 5.41) is 0. The minimum Gasteiger partial charge on any atom is -0.432 e. The van der Waals surface area contributed by atoms with E-state index in [1.807, 2.05) is 0 Å². The summed E-state index contributed by atoms with van der Waals surface area (Å²) in [6.45, 7) is -1.41. The Balaban J connectivity index is 1.55. The van der Waals surface area contributed by atoms with Crippen molar-refractivity contribution in [2.24, 2.45) is 5.92 Å². The van der Waals surface area contributed by atoms with Gasteiger partial charge in [0.1, 0.15) is 0 Å². The summed E-state index contributed by atoms with van der Waals surface area (Å²) >= 11 is 2.38. The number of hydrogen-bond donors (Lipinski definition) is 0. The molecule has 0 spiro atoms. The van der Waals surface area contributed by atoms with E-state index in [-0.39, 0.29) is 12.0 Å². The molecule has 134 valence electrons. The first-order chi connectivity index (χ1) is 11.5. The fraction of sp³-hybridized carbons (Fsp3) is 0.625. The van der Waals surface area contributed by atoms with Gasteiger partial charge in [0.2, 0.25) is 0 Å². The second-order valence-electron chi connectivity index (χ2n) is 5.87. The van der Waals surface area contributed by atoms with Crippen LogP contribution in [0.1, 0.15) is 24.7 Å². The molecule has 0 N–H and O–H groups in total. The Morgan fingerprint density at radius 1 is 1.08 bits per heavy atom. The minimum absolute atomic E-state index is 0.121. The van der Waals surface area contributed by atoms with Gasteiger partial charge in [-0.15, -0.1) is 0 Å². The van der Waals surface area contributed by atoms with Gasteiger partial charge in [-0.25, -0.2) is 4.39 Å². The molecule has 0 amide bonds. The van der Waals surface area contributed by atoms with Crippen LogP contribution < -0.4 is 4.74 Å². The Hall–Kier alpha value is -0.580. The topological polar surface area (TPSA) is 36.9 Å². The van der Waals surface area contributed by atoms with Crippen LogP contribution in [0.15, 0.2) is 18.2 Å². The highest BCUT2D eigenvalue weighted by molar-refractivity contribution is 14.1. The Morgan fingerprint density at radius 3 is 2.42 bits per heavy atom. The van der Waals surface area contributed by atoms with Crippen molar-refractivity contribution in [3.05, 3.63) is 29.6 Å². The molecule has 1 aromatic rings. The number of hydrogen-bond acceptors (Lipinski definition) is 4. The molecule has 0 aliphatic carbocycles. The van der Waals surface area contributed by atoms with E-state index in [1.165, 1.54) is 6.07 Å². The molecular formula is C16H18F3IO4. The van der Waals surface area contributed by atoms with Gasteiger partial charge in [0.25, 0.3) is 0 Å². The lowest BCUT2D eigenvalue weighted by atomic mass is 9.96. The van der Waals surface area contributed by atoms with E-state index in [9.17, 15) is 13.2 Å². The van der Waals surface area contributed by atoms with Crippen LogP contribution in [-0.2, 0) is 14.2 Å². The maximum atomic E-state index is 13.8. The summed E-state index contributed by atoms with van der Waals surface area (Å²) in [5.41, 5.74) is 0.435. The highest BCUT2D eigenvalue weighted by Crippen LogP contribution is 2.32. The fourth-order valence-electron chi connectivity index (χ4n) is 2.89. The van der Waals surface area contributed by atoms with E-state index in [0.29, 0.717) is 22.7 Å². The molecule has 3 rings (SSSR count). The molecule has 2 aliphatic rings. The van der Waals surface area contributed by atoms with Crippen molar-refractivity contribution in [1.82, 2.24) is 0 Å². The van der Waals surface area contributed by atoms with Crippen LogP contribution in [0, 0.1) is 11.7 Å². The van der Waals surface area contributed by atoms with E-state index in [2.05, 4.69) is 27.3 Å². The first-order valence-electron chi connectivity index (χ1n) is 7.76. The maximum absolute atomic E-state index is 13.8. The molecule has 0 saturated carbocycles. The van der Waals surface area contributed by atoms with Crippen LogP contribution in [0.2, 0.25) is 0 Å². The molecule has 2 saturated heterocycles. The quantitative estimate of drug-likeness (QED) is 0.504. The van der Waals surface area contributed by atoms with E-state index in [0.717, 1.165) is 31.6 Å². The van der Waals surface area contributed by atoms with Gasteiger partial charge in [-0.3, -0.25) is 0 Å². The van der Waals surface area contributed by atoms with Gasteiger partial charge in [-0.05, 0) is 25.0 Å². The molecule has 0 aromatic heterocycles. The van der Waals surface area contributed by atoms with Crippen LogP contribution in [0.5, 0.6) is 5.75 Å². The number of ether oxygens (including phenoxy) is 4. The van der Waals surface area contributed by atoms with Crippen molar-refractivity contribution in [3.8, 4) is 5.75 Å². The first kappa shape index (κ1) is 18.2. The third-order valence-electron chi connectivity index (χ3n) is 4.15. The Kier molecular flexibility index (Phi) is 6.22. The van der Waals surface area contributed by atoms with Crippen LogP contribution in [0.3, 0.4) is 0 Å². The highest BCUT2D eigenvalue weighted by atomic mass is 127. The lowest BCUT2D eigenvalue weighted by Crippen LogP contribution is -2.40. The summed E-state index contributed by atoms with van der Waals surface area (Å²) < 4.78 is 59.9. The standard InChI is InChI=1S/C16H18F3IO4/c17-12-5-9(1-3-14(12)24-16(18)19)15-22-6-10(7-23-15)13-4-2-11(20)8-21-13/h1,3,5,10-11,13,15-16H,2,4,6-8H2. The van der Waals surface area contributed by atoms with Crippen molar-refractivity contribution in [3.63, 3.8) is 0 Å². The van der Waals surface area contributed by atoms with E-state index in [4.69, 9.17) is 14.2 Å². The second kappa shape index (κ2) is 8.20.